The van der Waals surface area contributed by atoms with E-state index in [1.54, 1.807) is 6.07 Å². The van der Waals surface area contributed by atoms with Gasteiger partial charge in [0.1, 0.15) is 11.4 Å². The molecule has 2 amide bonds. The van der Waals surface area contributed by atoms with Crippen molar-refractivity contribution in [2.45, 2.75) is 25.8 Å². The Hall–Kier alpha value is -2.35. The second kappa shape index (κ2) is 7.77. The van der Waals surface area contributed by atoms with Crippen LogP contribution in [-0.4, -0.2) is 48.6 Å². The number of nitro benzene ring substituents is 1. The summed E-state index contributed by atoms with van der Waals surface area (Å²) in [5.74, 6) is 0.368. The number of ether oxygens (including phenoxy) is 1. The van der Waals surface area contributed by atoms with Crippen molar-refractivity contribution in [3.8, 4) is 5.75 Å². The van der Waals surface area contributed by atoms with Crippen molar-refractivity contribution in [2.75, 3.05) is 32.1 Å². The third kappa shape index (κ3) is 4.32. The van der Waals surface area contributed by atoms with Crippen LogP contribution in [0.4, 0.5) is 16.2 Å². The molecule has 0 unspecified atom stereocenters. The second-order valence-corrected chi connectivity index (χ2v) is 5.40. The first-order valence-electron chi connectivity index (χ1n) is 7.66. The van der Waals surface area contributed by atoms with Gasteiger partial charge in [-0.05, 0) is 38.1 Å². The van der Waals surface area contributed by atoms with Gasteiger partial charge in [0.15, 0.2) is 0 Å². The summed E-state index contributed by atoms with van der Waals surface area (Å²) in [5.41, 5.74) is -0.0531. The molecule has 0 saturated carbocycles. The first-order chi connectivity index (χ1) is 11.0. The molecule has 1 aromatic carbocycles. The number of nitrogens with zero attached hydrogens (tertiary/aromatic N) is 2. The van der Waals surface area contributed by atoms with Crippen molar-refractivity contribution >= 4 is 17.4 Å². The minimum Gasteiger partial charge on any atom is -0.496 e. The van der Waals surface area contributed by atoms with Crippen molar-refractivity contribution in [1.29, 1.82) is 0 Å². The highest BCUT2D eigenvalue weighted by atomic mass is 16.6. The van der Waals surface area contributed by atoms with E-state index in [2.05, 4.69) is 22.5 Å². The molecule has 0 bridgehead atoms. The molecule has 2 rings (SSSR count). The lowest BCUT2D eigenvalue weighted by atomic mass is 10.2. The molecule has 0 aliphatic carbocycles. The first-order valence-corrected chi connectivity index (χ1v) is 7.66. The molecular formula is C15H22N4O4. The Morgan fingerprint density at radius 2 is 2.30 bits per heavy atom. The van der Waals surface area contributed by atoms with Gasteiger partial charge in [0, 0.05) is 12.6 Å². The molecule has 0 radical (unpaired) electrons. The van der Waals surface area contributed by atoms with E-state index in [4.69, 9.17) is 4.74 Å². The summed E-state index contributed by atoms with van der Waals surface area (Å²) in [4.78, 5) is 24.9. The fourth-order valence-corrected chi connectivity index (χ4v) is 2.81. The number of nitrogens with one attached hydrogen (secondary N) is 2. The first kappa shape index (κ1) is 17.0. The van der Waals surface area contributed by atoms with Gasteiger partial charge >= 0.3 is 6.03 Å². The van der Waals surface area contributed by atoms with E-state index in [-0.39, 0.29) is 11.4 Å². The molecule has 0 aromatic heterocycles. The maximum absolute atomic E-state index is 12.0. The van der Waals surface area contributed by atoms with Crippen molar-refractivity contribution in [3.63, 3.8) is 0 Å². The van der Waals surface area contributed by atoms with E-state index < -0.39 is 11.0 Å². The standard InChI is InChI=1S/C15H22N4O4/c1-3-18-8-4-5-11(18)10-16-15(20)17-13-7-6-12(23-2)9-14(13)19(21)22/h6-7,9,11H,3-5,8,10H2,1-2H3,(H2,16,17,20)/t11-/m1/s1. The fraction of sp³-hybridized carbons (Fsp3) is 0.533. The van der Waals surface area contributed by atoms with E-state index in [1.807, 2.05) is 0 Å². The number of likely N-dealkylation sites (tertiary alicyclic amines) is 1. The molecule has 1 heterocycles. The predicted molar refractivity (Wildman–Crippen MR) is 86.9 cm³/mol. The zero-order valence-corrected chi connectivity index (χ0v) is 13.4. The minimum atomic E-state index is -0.548. The van der Waals surface area contributed by atoms with E-state index in [0.717, 1.165) is 25.9 Å². The maximum atomic E-state index is 12.0. The van der Waals surface area contributed by atoms with Crippen LogP contribution < -0.4 is 15.4 Å². The van der Waals surface area contributed by atoms with Gasteiger partial charge in [-0.1, -0.05) is 6.92 Å². The summed E-state index contributed by atoms with van der Waals surface area (Å²) in [6, 6.07) is 4.20. The second-order valence-electron chi connectivity index (χ2n) is 5.40. The Morgan fingerprint density at radius 1 is 1.52 bits per heavy atom. The molecular weight excluding hydrogens is 300 g/mol. The van der Waals surface area contributed by atoms with Crippen LogP contribution in [0.25, 0.3) is 0 Å². The number of carbonyl (C=O) groups is 1. The van der Waals surface area contributed by atoms with Crippen LogP contribution in [0.15, 0.2) is 18.2 Å². The number of urea groups is 1. The van der Waals surface area contributed by atoms with Gasteiger partial charge in [-0.25, -0.2) is 4.79 Å². The summed E-state index contributed by atoms with van der Waals surface area (Å²) >= 11 is 0. The topological polar surface area (TPSA) is 96.7 Å². The highest BCUT2D eigenvalue weighted by Crippen LogP contribution is 2.28. The number of anilines is 1. The summed E-state index contributed by atoms with van der Waals surface area (Å²) in [5, 5.41) is 16.4. The van der Waals surface area contributed by atoms with E-state index in [1.165, 1.54) is 19.2 Å². The lowest BCUT2D eigenvalue weighted by molar-refractivity contribution is -0.384. The van der Waals surface area contributed by atoms with Gasteiger partial charge in [-0.3, -0.25) is 15.0 Å². The zero-order valence-electron chi connectivity index (χ0n) is 13.4. The van der Waals surface area contributed by atoms with Crippen LogP contribution in [0, 0.1) is 10.1 Å². The predicted octanol–water partition coefficient (Wildman–Crippen LogP) is 2.21. The normalized spacial score (nSPS) is 17.7. The van der Waals surface area contributed by atoms with Gasteiger partial charge < -0.3 is 15.4 Å². The number of hydrogen-bond acceptors (Lipinski definition) is 5. The third-order valence-electron chi connectivity index (χ3n) is 4.05. The van der Waals surface area contributed by atoms with Gasteiger partial charge in [-0.2, -0.15) is 0 Å². The van der Waals surface area contributed by atoms with E-state index in [0.29, 0.717) is 18.3 Å². The third-order valence-corrected chi connectivity index (χ3v) is 4.05. The number of benzene rings is 1. The Labute approximate surface area is 134 Å². The fourth-order valence-electron chi connectivity index (χ4n) is 2.81. The highest BCUT2D eigenvalue weighted by molar-refractivity contribution is 5.92. The average Bonchev–Trinajstić information content (AvgIpc) is 3.00. The molecule has 8 heteroatoms. The van der Waals surface area contributed by atoms with Crippen LogP contribution in [0.3, 0.4) is 0 Å². The van der Waals surface area contributed by atoms with Crippen molar-refractivity contribution in [2.24, 2.45) is 0 Å². The largest absolute Gasteiger partial charge is 0.496 e. The van der Waals surface area contributed by atoms with E-state index >= 15 is 0 Å². The molecule has 23 heavy (non-hydrogen) atoms. The smallest absolute Gasteiger partial charge is 0.319 e. The monoisotopic (exact) mass is 322 g/mol. The number of rotatable bonds is 6. The Bertz CT molecular complexity index is 579. The molecule has 1 atom stereocenters. The Balaban J connectivity index is 1.96. The zero-order chi connectivity index (χ0) is 16.8. The van der Waals surface area contributed by atoms with Crippen molar-refractivity contribution < 1.29 is 14.5 Å². The van der Waals surface area contributed by atoms with Crippen LogP contribution in [0.5, 0.6) is 5.75 Å². The Morgan fingerprint density at radius 3 is 2.96 bits per heavy atom. The number of likely N-dealkylation sites (N-methyl/N-ethyl adjacent to an activating group) is 1. The molecule has 1 fully saturated rings. The molecule has 8 nitrogen and oxygen atoms in total. The summed E-state index contributed by atoms with van der Waals surface area (Å²) in [6.45, 7) is 4.63. The van der Waals surface area contributed by atoms with Crippen molar-refractivity contribution in [3.05, 3.63) is 28.3 Å². The van der Waals surface area contributed by atoms with Gasteiger partial charge in [0.05, 0.1) is 18.1 Å². The molecule has 0 spiro atoms. The number of methoxy groups -OCH3 is 1. The minimum absolute atomic E-state index is 0.145. The summed E-state index contributed by atoms with van der Waals surface area (Å²) in [7, 11) is 1.43. The lowest BCUT2D eigenvalue weighted by Gasteiger charge is -2.22. The number of nitro groups is 1. The molecule has 1 aromatic rings. The van der Waals surface area contributed by atoms with Gasteiger partial charge in [-0.15, -0.1) is 0 Å². The average molecular weight is 322 g/mol. The molecule has 126 valence electrons. The van der Waals surface area contributed by atoms with E-state index in [9.17, 15) is 14.9 Å². The SMILES string of the molecule is CCN1CCC[C@@H]1CNC(=O)Nc1ccc(OC)cc1[N+](=O)[O-]. The molecule has 1 aliphatic heterocycles. The number of carbonyl (C=O) groups excluding carboxylic acids is 1. The number of hydrogen-bond donors (Lipinski definition) is 2. The molecule has 1 aliphatic rings. The van der Waals surface area contributed by atoms with Gasteiger partial charge in [0.25, 0.3) is 5.69 Å². The number of amides is 2. The highest BCUT2D eigenvalue weighted by Gasteiger charge is 2.23. The maximum Gasteiger partial charge on any atom is 0.319 e. The van der Waals surface area contributed by atoms with Crippen LogP contribution in [0.2, 0.25) is 0 Å². The molecule has 2 N–H and O–H groups in total. The quantitative estimate of drug-likeness (QED) is 0.618. The van der Waals surface area contributed by atoms with Crippen LogP contribution >= 0.6 is 0 Å². The van der Waals surface area contributed by atoms with Crippen LogP contribution in [-0.2, 0) is 0 Å². The van der Waals surface area contributed by atoms with Gasteiger partial charge in [0.2, 0.25) is 0 Å². The summed E-state index contributed by atoms with van der Waals surface area (Å²) < 4.78 is 4.97. The Kier molecular flexibility index (Phi) is 5.75. The van der Waals surface area contributed by atoms with Crippen LogP contribution in [0.1, 0.15) is 19.8 Å². The van der Waals surface area contributed by atoms with Crippen molar-refractivity contribution in [1.82, 2.24) is 10.2 Å². The lowest BCUT2D eigenvalue weighted by Crippen LogP contribution is -2.41. The summed E-state index contributed by atoms with van der Waals surface area (Å²) in [6.07, 6.45) is 2.18. The molecule has 1 saturated heterocycles.